The number of nitrogens with zero attached hydrogens (tertiary/aromatic N) is 2. The maximum absolute atomic E-state index is 4.38. The summed E-state index contributed by atoms with van der Waals surface area (Å²) in [4.78, 5) is 8.76. The number of aromatic nitrogens is 2. The predicted octanol–water partition coefficient (Wildman–Crippen LogP) is 1.84. The zero-order valence-corrected chi connectivity index (χ0v) is 6.33. The van der Waals surface area contributed by atoms with Crippen LogP contribution in [0.4, 0.5) is 0 Å². The van der Waals surface area contributed by atoms with E-state index in [1.54, 1.807) is 0 Å². The minimum atomic E-state index is 0.753. The van der Waals surface area contributed by atoms with E-state index in [1.165, 1.54) is 30.7 Å². The molecule has 0 saturated heterocycles. The molecular formula is C9H10N2. The summed E-state index contributed by atoms with van der Waals surface area (Å²) in [7, 11) is 0. The Bertz CT molecular complexity index is 266. The molecule has 3 rings (SSSR count). The Morgan fingerprint density at radius 1 is 1.00 bits per heavy atom. The lowest BCUT2D eigenvalue weighted by Crippen LogP contribution is -2.02. The van der Waals surface area contributed by atoms with E-state index in [4.69, 9.17) is 0 Å². The molecule has 1 fully saturated rings. The van der Waals surface area contributed by atoms with E-state index in [2.05, 4.69) is 9.97 Å². The largest absolute Gasteiger partial charge is 0.257 e. The Hall–Kier alpha value is -0.920. The molecule has 1 aromatic heterocycles. The summed E-state index contributed by atoms with van der Waals surface area (Å²) in [5.41, 5.74) is 2.59. The lowest BCUT2D eigenvalue weighted by atomic mass is 10.0. The minimum absolute atomic E-state index is 0.753. The quantitative estimate of drug-likeness (QED) is 0.558. The van der Waals surface area contributed by atoms with Crippen molar-refractivity contribution in [3.05, 3.63) is 23.8 Å². The Morgan fingerprint density at radius 3 is 2.09 bits per heavy atom. The monoisotopic (exact) mass is 146 g/mol. The van der Waals surface area contributed by atoms with E-state index in [1.807, 2.05) is 12.4 Å². The summed E-state index contributed by atoms with van der Waals surface area (Å²) in [6.45, 7) is 0. The van der Waals surface area contributed by atoms with Crippen LogP contribution in [0.3, 0.4) is 0 Å². The van der Waals surface area contributed by atoms with Gasteiger partial charge in [-0.15, -0.1) is 0 Å². The van der Waals surface area contributed by atoms with E-state index in [0.29, 0.717) is 0 Å². The number of hydrogen-bond donors (Lipinski definition) is 0. The van der Waals surface area contributed by atoms with Crippen molar-refractivity contribution in [2.75, 3.05) is 0 Å². The number of rotatable bonds is 0. The van der Waals surface area contributed by atoms with E-state index in [0.717, 1.165) is 11.8 Å². The highest BCUT2D eigenvalue weighted by atomic mass is 14.8. The van der Waals surface area contributed by atoms with Crippen molar-refractivity contribution in [2.24, 2.45) is 0 Å². The molecule has 2 atom stereocenters. The van der Waals surface area contributed by atoms with Crippen molar-refractivity contribution in [3.8, 4) is 0 Å². The van der Waals surface area contributed by atoms with Crippen LogP contribution in [0, 0.1) is 0 Å². The van der Waals surface area contributed by atoms with Gasteiger partial charge in [0, 0.05) is 24.2 Å². The Labute approximate surface area is 65.7 Å². The summed E-state index contributed by atoms with van der Waals surface area (Å²) in [5, 5.41) is 0. The van der Waals surface area contributed by atoms with Gasteiger partial charge in [0.2, 0.25) is 0 Å². The summed E-state index contributed by atoms with van der Waals surface area (Å²) in [6, 6.07) is 0. The zero-order chi connectivity index (χ0) is 7.26. The van der Waals surface area contributed by atoms with Crippen LogP contribution in [0.1, 0.15) is 42.5 Å². The highest BCUT2D eigenvalue weighted by Gasteiger charge is 2.38. The first kappa shape index (κ1) is 5.70. The van der Waals surface area contributed by atoms with Gasteiger partial charge in [-0.05, 0) is 19.3 Å². The maximum atomic E-state index is 4.38. The average Bonchev–Trinajstić information content (AvgIpc) is 2.64. The standard InChI is InChI=1S/C9H10N2/c1-2-7-5-6(1)8-9(7)11-4-3-10-8/h3-4,6-7H,1-2,5H2. The molecule has 2 aliphatic rings. The molecule has 0 amide bonds. The van der Waals surface area contributed by atoms with Crippen molar-refractivity contribution in [3.63, 3.8) is 0 Å². The third-order valence-corrected chi connectivity index (χ3v) is 2.96. The first-order valence-corrected chi connectivity index (χ1v) is 4.26. The number of hydrogen-bond acceptors (Lipinski definition) is 2. The fourth-order valence-electron chi connectivity index (χ4n) is 2.47. The van der Waals surface area contributed by atoms with Crippen LogP contribution >= 0.6 is 0 Å². The second-order valence-electron chi connectivity index (χ2n) is 3.53. The van der Waals surface area contributed by atoms with Crippen molar-refractivity contribution >= 4 is 0 Å². The molecule has 1 saturated carbocycles. The molecule has 56 valence electrons. The van der Waals surface area contributed by atoms with Crippen LogP contribution in [-0.2, 0) is 0 Å². The van der Waals surface area contributed by atoms with Gasteiger partial charge in [-0.2, -0.15) is 0 Å². The van der Waals surface area contributed by atoms with Gasteiger partial charge in [0.1, 0.15) is 0 Å². The topological polar surface area (TPSA) is 25.8 Å². The van der Waals surface area contributed by atoms with E-state index < -0.39 is 0 Å². The summed E-state index contributed by atoms with van der Waals surface area (Å²) in [6.07, 6.45) is 7.64. The molecule has 1 heterocycles. The van der Waals surface area contributed by atoms with Crippen LogP contribution in [0.25, 0.3) is 0 Å². The van der Waals surface area contributed by atoms with Crippen LogP contribution in [0.2, 0.25) is 0 Å². The van der Waals surface area contributed by atoms with Crippen LogP contribution in [0.15, 0.2) is 12.4 Å². The molecule has 2 unspecified atom stereocenters. The van der Waals surface area contributed by atoms with Gasteiger partial charge >= 0.3 is 0 Å². The highest BCUT2D eigenvalue weighted by Crippen LogP contribution is 2.50. The summed E-state index contributed by atoms with van der Waals surface area (Å²) in [5.74, 6) is 1.51. The van der Waals surface area contributed by atoms with Gasteiger partial charge in [0.15, 0.2) is 0 Å². The molecule has 0 N–H and O–H groups in total. The van der Waals surface area contributed by atoms with Crippen LogP contribution in [0.5, 0.6) is 0 Å². The van der Waals surface area contributed by atoms with Crippen molar-refractivity contribution < 1.29 is 0 Å². The van der Waals surface area contributed by atoms with Crippen LogP contribution < -0.4 is 0 Å². The van der Waals surface area contributed by atoms with E-state index >= 15 is 0 Å². The molecule has 0 radical (unpaired) electrons. The molecule has 11 heavy (non-hydrogen) atoms. The SMILES string of the molecule is c1cnc2c(n1)C1CCC2C1. The Kier molecular flexibility index (Phi) is 0.939. The van der Waals surface area contributed by atoms with Gasteiger partial charge in [-0.3, -0.25) is 9.97 Å². The van der Waals surface area contributed by atoms with Gasteiger partial charge in [0.25, 0.3) is 0 Å². The van der Waals surface area contributed by atoms with Gasteiger partial charge in [-0.25, -0.2) is 0 Å². The van der Waals surface area contributed by atoms with E-state index in [-0.39, 0.29) is 0 Å². The lowest BCUT2D eigenvalue weighted by molar-refractivity contribution is 0.679. The Balaban J connectivity index is 2.23. The molecule has 0 spiro atoms. The van der Waals surface area contributed by atoms with Crippen molar-refractivity contribution in [1.29, 1.82) is 0 Å². The molecule has 2 bridgehead atoms. The number of fused-ring (bicyclic) bond motifs is 5. The Morgan fingerprint density at radius 2 is 1.55 bits per heavy atom. The summed E-state index contributed by atoms with van der Waals surface area (Å²) >= 11 is 0. The van der Waals surface area contributed by atoms with Crippen LogP contribution in [-0.4, -0.2) is 9.97 Å². The third kappa shape index (κ3) is 0.621. The molecular weight excluding hydrogens is 136 g/mol. The third-order valence-electron chi connectivity index (χ3n) is 2.96. The van der Waals surface area contributed by atoms with Gasteiger partial charge < -0.3 is 0 Å². The predicted molar refractivity (Wildman–Crippen MR) is 41.4 cm³/mol. The second-order valence-corrected chi connectivity index (χ2v) is 3.53. The molecule has 1 aromatic rings. The van der Waals surface area contributed by atoms with Crippen molar-refractivity contribution in [2.45, 2.75) is 31.1 Å². The molecule has 2 heteroatoms. The average molecular weight is 146 g/mol. The molecule has 0 aromatic carbocycles. The zero-order valence-electron chi connectivity index (χ0n) is 6.33. The molecule has 2 aliphatic carbocycles. The highest BCUT2D eigenvalue weighted by molar-refractivity contribution is 5.30. The normalized spacial score (nSPS) is 32.4. The fraction of sp³-hybridized carbons (Fsp3) is 0.556. The van der Waals surface area contributed by atoms with Gasteiger partial charge in [-0.1, -0.05) is 0 Å². The summed E-state index contributed by atoms with van der Waals surface area (Å²) < 4.78 is 0. The first-order chi connectivity index (χ1) is 5.45. The minimum Gasteiger partial charge on any atom is -0.257 e. The van der Waals surface area contributed by atoms with Crippen molar-refractivity contribution in [1.82, 2.24) is 9.97 Å². The van der Waals surface area contributed by atoms with Gasteiger partial charge in [0.05, 0.1) is 11.4 Å². The second kappa shape index (κ2) is 1.81. The molecule has 0 aliphatic heterocycles. The maximum Gasteiger partial charge on any atom is 0.0652 e. The molecule has 2 nitrogen and oxygen atoms in total. The van der Waals surface area contributed by atoms with E-state index in [9.17, 15) is 0 Å². The smallest absolute Gasteiger partial charge is 0.0652 e. The fourth-order valence-corrected chi connectivity index (χ4v) is 2.47. The lowest BCUT2D eigenvalue weighted by Gasteiger charge is -2.10. The first-order valence-electron chi connectivity index (χ1n) is 4.26.